The van der Waals surface area contributed by atoms with Crippen molar-refractivity contribution in [3.63, 3.8) is 0 Å². The highest BCUT2D eigenvalue weighted by Gasteiger charge is 2.31. The molecule has 0 aliphatic rings. The Labute approximate surface area is 163 Å². The highest BCUT2D eigenvalue weighted by atomic mass is 32.2. The van der Waals surface area contributed by atoms with Crippen molar-refractivity contribution in [2.45, 2.75) is 95.9 Å². The van der Waals surface area contributed by atoms with Crippen molar-refractivity contribution < 1.29 is 18.3 Å². The molecule has 0 heterocycles. The topological polar surface area (TPSA) is 20.2 Å². The number of thioether (sulfide) groups is 1. The molecule has 6 heteroatoms. The van der Waals surface area contributed by atoms with Crippen LogP contribution in [0.15, 0.2) is 0 Å². The highest BCUT2D eigenvalue weighted by Crippen LogP contribution is 2.25. The van der Waals surface area contributed by atoms with Gasteiger partial charge in [0.2, 0.25) is 0 Å². The molecular formula is C20H37F3OSSi. The number of halogens is 3. The van der Waals surface area contributed by atoms with E-state index in [2.05, 4.69) is 11.5 Å². The van der Waals surface area contributed by atoms with Crippen LogP contribution in [0.25, 0.3) is 0 Å². The van der Waals surface area contributed by atoms with Gasteiger partial charge in [-0.05, 0) is 24.6 Å². The molecule has 0 amide bonds. The molecule has 0 saturated carbocycles. The predicted molar refractivity (Wildman–Crippen MR) is 111 cm³/mol. The van der Waals surface area contributed by atoms with Gasteiger partial charge in [-0.3, -0.25) is 0 Å². The second-order valence-corrected chi connectivity index (χ2v) is 13.3. The van der Waals surface area contributed by atoms with Crippen LogP contribution in [0.5, 0.6) is 0 Å². The number of aliphatic hydroxyl groups is 1. The Kier molecular flexibility index (Phi) is 15.8. The lowest BCUT2D eigenvalue weighted by molar-refractivity contribution is -0.130. The number of unbranched alkanes of at least 4 members (excludes halogenated alkanes) is 9. The summed E-state index contributed by atoms with van der Waals surface area (Å²) in [5, 5.41) is 8.68. The summed E-state index contributed by atoms with van der Waals surface area (Å²) in [7, 11) is -2.01. The Morgan fingerprint density at radius 2 is 1.38 bits per heavy atom. The lowest BCUT2D eigenvalue weighted by Crippen LogP contribution is -2.26. The van der Waals surface area contributed by atoms with E-state index in [0.717, 1.165) is 24.3 Å². The molecule has 1 N–H and O–H groups in total. The third-order valence-corrected chi connectivity index (χ3v) is 7.69. The number of hydrogen-bond donors (Lipinski definition) is 1. The minimum absolute atomic E-state index is 0.212. The molecule has 0 aromatic carbocycles. The molecule has 1 nitrogen and oxygen atoms in total. The van der Waals surface area contributed by atoms with Gasteiger partial charge in [0.15, 0.2) is 0 Å². The smallest absolute Gasteiger partial charge is 0.388 e. The average Bonchev–Trinajstić information content (AvgIpc) is 2.56. The number of hydrogen-bond acceptors (Lipinski definition) is 2. The maximum absolute atomic E-state index is 12.3. The van der Waals surface area contributed by atoms with Crippen LogP contribution in [0.1, 0.15) is 70.6 Å². The van der Waals surface area contributed by atoms with Gasteiger partial charge in [-0.25, -0.2) is 0 Å². The van der Waals surface area contributed by atoms with Crippen LogP contribution >= 0.6 is 11.8 Å². The van der Waals surface area contributed by atoms with Crippen LogP contribution in [0.2, 0.25) is 19.1 Å². The maximum atomic E-state index is 12.3. The van der Waals surface area contributed by atoms with Gasteiger partial charge in [0.1, 0.15) is 8.07 Å². The molecule has 0 fully saturated rings. The van der Waals surface area contributed by atoms with Gasteiger partial charge < -0.3 is 5.11 Å². The molecule has 0 unspecified atom stereocenters. The maximum Gasteiger partial charge on any atom is 0.388 e. The summed E-state index contributed by atoms with van der Waals surface area (Å²) in [6.45, 7) is 4.14. The minimum Gasteiger partial charge on any atom is -0.396 e. The largest absolute Gasteiger partial charge is 0.396 e. The normalized spacial score (nSPS) is 12.1. The molecule has 0 aromatic rings. The van der Waals surface area contributed by atoms with Gasteiger partial charge in [-0.2, -0.15) is 24.9 Å². The number of aliphatic hydroxyl groups excluding tert-OH is 1. The predicted octanol–water partition coefficient (Wildman–Crippen LogP) is 6.82. The molecule has 0 bridgehead atoms. The summed E-state index contributed by atoms with van der Waals surface area (Å²) in [5.74, 6) is 5.15. The van der Waals surface area contributed by atoms with Crippen LogP contribution in [-0.4, -0.2) is 37.5 Å². The molecule has 0 saturated heterocycles. The van der Waals surface area contributed by atoms with E-state index in [0.29, 0.717) is 0 Å². The molecule has 154 valence electrons. The van der Waals surface area contributed by atoms with E-state index in [4.69, 9.17) is 5.11 Å². The Balaban J connectivity index is 3.43. The molecule has 0 atom stereocenters. The van der Waals surface area contributed by atoms with E-state index in [1.165, 1.54) is 51.4 Å². The monoisotopic (exact) mass is 410 g/mol. The van der Waals surface area contributed by atoms with E-state index in [1.54, 1.807) is 0 Å². The van der Waals surface area contributed by atoms with Gasteiger partial charge >= 0.3 is 6.18 Å². The Hall–Kier alpha value is -0.123. The lowest BCUT2D eigenvalue weighted by atomic mass is 10.1. The molecule has 0 aliphatic carbocycles. The van der Waals surface area contributed by atoms with Gasteiger partial charge in [0, 0.05) is 18.6 Å². The fourth-order valence-electron chi connectivity index (χ4n) is 2.64. The SMILES string of the molecule is C[Si](C)(C#CCCCCCCCCCCCSCCO)CCC(F)(F)F. The number of alkyl halides is 3. The summed E-state index contributed by atoms with van der Waals surface area (Å²) in [5.41, 5.74) is 3.15. The third kappa shape index (κ3) is 20.2. The Morgan fingerprint density at radius 3 is 1.92 bits per heavy atom. The molecular weight excluding hydrogens is 373 g/mol. The van der Waals surface area contributed by atoms with Crippen molar-refractivity contribution in [3.05, 3.63) is 0 Å². The first-order valence-electron chi connectivity index (χ1n) is 10.0. The van der Waals surface area contributed by atoms with Crippen LogP contribution in [0.4, 0.5) is 13.2 Å². The average molecular weight is 411 g/mol. The molecule has 0 rings (SSSR count). The fraction of sp³-hybridized carbons (Fsp3) is 0.900. The first-order chi connectivity index (χ1) is 12.3. The molecule has 0 aliphatic heterocycles. The summed E-state index contributed by atoms with van der Waals surface area (Å²) >= 11 is 1.83. The van der Waals surface area contributed by atoms with Crippen LogP contribution in [0, 0.1) is 11.5 Å². The van der Waals surface area contributed by atoms with Crippen molar-refractivity contribution in [1.29, 1.82) is 0 Å². The van der Waals surface area contributed by atoms with Crippen molar-refractivity contribution in [3.8, 4) is 11.5 Å². The van der Waals surface area contributed by atoms with Crippen LogP contribution in [0.3, 0.4) is 0 Å². The summed E-state index contributed by atoms with van der Waals surface area (Å²) in [6, 6.07) is 0.212. The zero-order chi connectivity index (χ0) is 19.7. The quantitative estimate of drug-likeness (QED) is 0.182. The second kappa shape index (κ2) is 15.9. The Morgan fingerprint density at radius 1 is 0.846 bits per heavy atom. The molecule has 0 spiro atoms. The summed E-state index contributed by atoms with van der Waals surface area (Å²) < 4.78 is 36.8. The molecule has 0 aromatic heterocycles. The van der Waals surface area contributed by atoms with Gasteiger partial charge in [-0.15, -0.1) is 11.5 Å². The van der Waals surface area contributed by atoms with E-state index < -0.39 is 20.7 Å². The van der Waals surface area contributed by atoms with Crippen LogP contribution in [-0.2, 0) is 0 Å². The van der Waals surface area contributed by atoms with E-state index in [-0.39, 0.29) is 12.7 Å². The molecule has 26 heavy (non-hydrogen) atoms. The van der Waals surface area contributed by atoms with E-state index in [9.17, 15) is 13.2 Å². The first-order valence-corrected chi connectivity index (χ1v) is 14.4. The van der Waals surface area contributed by atoms with Gasteiger partial charge in [0.25, 0.3) is 0 Å². The zero-order valence-corrected chi connectivity index (χ0v) is 18.4. The van der Waals surface area contributed by atoms with Crippen molar-refractivity contribution >= 4 is 19.8 Å². The fourth-order valence-corrected chi connectivity index (χ4v) is 5.02. The van der Waals surface area contributed by atoms with Gasteiger partial charge in [0.05, 0.1) is 6.61 Å². The van der Waals surface area contributed by atoms with E-state index in [1.807, 2.05) is 24.9 Å². The van der Waals surface area contributed by atoms with E-state index >= 15 is 0 Å². The lowest BCUT2D eigenvalue weighted by Gasteiger charge is -2.15. The summed E-state index contributed by atoms with van der Waals surface area (Å²) in [4.78, 5) is 0. The second-order valence-electron chi connectivity index (χ2n) is 7.57. The summed E-state index contributed by atoms with van der Waals surface area (Å²) in [6.07, 6.45) is 7.31. The van der Waals surface area contributed by atoms with Crippen molar-refractivity contribution in [1.82, 2.24) is 0 Å². The number of rotatable bonds is 15. The first kappa shape index (κ1) is 25.9. The molecule has 0 radical (unpaired) electrons. The minimum atomic E-state index is -4.05. The zero-order valence-electron chi connectivity index (χ0n) is 16.6. The highest BCUT2D eigenvalue weighted by molar-refractivity contribution is 7.99. The van der Waals surface area contributed by atoms with Crippen molar-refractivity contribution in [2.24, 2.45) is 0 Å². The van der Waals surface area contributed by atoms with Gasteiger partial charge in [-0.1, -0.05) is 58.0 Å². The standard InChI is InChI=1S/C20H37F3OSSi/c1-26(2,19-14-20(21,22)23)18-13-11-9-7-5-3-4-6-8-10-12-16-25-17-15-24/h24H,3-12,14-17,19H2,1-2H3. The van der Waals surface area contributed by atoms with Crippen molar-refractivity contribution in [2.75, 3.05) is 18.1 Å². The third-order valence-electron chi connectivity index (χ3n) is 4.29. The Bertz CT molecular complexity index is 389. The van der Waals surface area contributed by atoms with Crippen LogP contribution < -0.4 is 0 Å².